The van der Waals surface area contributed by atoms with E-state index in [2.05, 4.69) is 0 Å². The number of halogens is 2. The number of aryl methyl sites for hydroxylation is 1. The van der Waals surface area contributed by atoms with Crippen LogP contribution in [-0.4, -0.2) is 7.11 Å². The lowest BCUT2D eigenvalue weighted by Gasteiger charge is -2.16. The van der Waals surface area contributed by atoms with Crippen molar-refractivity contribution >= 4 is 11.6 Å². The summed E-state index contributed by atoms with van der Waals surface area (Å²) in [7, 11) is 1.62. The Bertz CT molecular complexity index is 615. The average molecular weight is 294 g/mol. The molecule has 2 rings (SSSR count). The van der Waals surface area contributed by atoms with E-state index in [9.17, 15) is 4.39 Å². The Morgan fingerprint density at radius 1 is 1.25 bits per heavy atom. The molecule has 2 aromatic rings. The van der Waals surface area contributed by atoms with Crippen molar-refractivity contribution in [1.82, 2.24) is 0 Å². The zero-order chi connectivity index (χ0) is 14.7. The molecule has 0 bridgehead atoms. The Labute approximate surface area is 123 Å². The van der Waals surface area contributed by atoms with Crippen molar-refractivity contribution in [3.05, 3.63) is 63.9 Å². The minimum atomic E-state index is -0.420. The third-order valence-electron chi connectivity index (χ3n) is 3.23. The van der Waals surface area contributed by atoms with E-state index in [0.717, 1.165) is 22.4 Å². The van der Waals surface area contributed by atoms with Gasteiger partial charge in [-0.3, -0.25) is 0 Å². The van der Waals surface area contributed by atoms with Gasteiger partial charge in [-0.1, -0.05) is 29.8 Å². The largest absolute Gasteiger partial charge is 0.496 e. The van der Waals surface area contributed by atoms with E-state index in [1.807, 2.05) is 25.1 Å². The van der Waals surface area contributed by atoms with Crippen LogP contribution in [0.5, 0.6) is 5.75 Å². The summed E-state index contributed by atoms with van der Waals surface area (Å²) in [5, 5.41) is 0.116. The topological polar surface area (TPSA) is 35.2 Å². The van der Waals surface area contributed by atoms with Gasteiger partial charge in [0.05, 0.1) is 12.1 Å². The first-order valence-corrected chi connectivity index (χ1v) is 6.73. The highest BCUT2D eigenvalue weighted by atomic mass is 35.5. The molecule has 0 heterocycles. The highest BCUT2D eigenvalue weighted by Gasteiger charge is 2.13. The second-order valence-electron chi connectivity index (χ2n) is 4.80. The summed E-state index contributed by atoms with van der Waals surface area (Å²) < 4.78 is 18.5. The smallest absolute Gasteiger partial charge is 0.141 e. The fourth-order valence-electron chi connectivity index (χ4n) is 2.16. The zero-order valence-corrected chi connectivity index (χ0v) is 12.2. The van der Waals surface area contributed by atoms with Crippen molar-refractivity contribution in [3.8, 4) is 5.75 Å². The SMILES string of the molecule is COc1cc(C)ccc1C(N)Cc1ccc(F)c(Cl)c1. The van der Waals surface area contributed by atoms with Gasteiger partial charge in [-0.05, 0) is 42.7 Å². The van der Waals surface area contributed by atoms with Crippen LogP contribution in [0.25, 0.3) is 0 Å². The molecule has 2 N–H and O–H groups in total. The summed E-state index contributed by atoms with van der Waals surface area (Å²) in [6.45, 7) is 2.00. The van der Waals surface area contributed by atoms with E-state index in [4.69, 9.17) is 22.1 Å². The van der Waals surface area contributed by atoms with Gasteiger partial charge in [-0.25, -0.2) is 4.39 Å². The van der Waals surface area contributed by atoms with Gasteiger partial charge in [0.2, 0.25) is 0 Å². The highest BCUT2D eigenvalue weighted by Crippen LogP contribution is 2.28. The van der Waals surface area contributed by atoms with Crippen LogP contribution >= 0.6 is 11.6 Å². The number of benzene rings is 2. The highest BCUT2D eigenvalue weighted by molar-refractivity contribution is 6.30. The molecule has 2 nitrogen and oxygen atoms in total. The third-order valence-corrected chi connectivity index (χ3v) is 3.52. The Kier molecular flexibility index (Phi) is 4.63. The molecule has 0 aliphatic heterocycles. The van der Waals surface area contributed by atoms with E-state index in [0.29, 0.717) is 6.42 Å². The lowest BCUT2D eigenvalue weighted by atomic mass is 9.98. The molecule has 0 saturated heterocycles. The fourth-order valence-corrected chi connectivity index (χ4v) is 2.36. The molecule has 2 aromatic carbocycles. The number of hydrogen-bond acceptors (Lipinski definition) is 2. The van der Waals surface area contributed by atoms with Crippen molar-refractivity contribution in [2.75, 3.05) is 7.11 Å². The van der Waals surface area contributed by atoms with E-state index in [1.165, 1.54) is 6.07 Å². The number of methoxy groups -OCH3 is 1. The molecule has 0 aliphatic rings. The number of rotatable bonds is 4. The van der Waals surface area contributed by atoms with Gasteiger partial charge < -0.3 is 10.5 Å². The van der Waals surface area contributed by atoms with E-state index >= 15 is 0 Å². The molecule has 0 spiro atoms. The predicted molar refractivity (Wildman–Crippen MR) is 79.8 cm³/mol. The molecule has 106 valence electrons. The van der Waals surface area contributed by atoms with Gasteiger partial charge in [0.25, 0.3) is 0 Å². The van der Waals surface area contributed by atoms with Gasteiger partial charge in [-0.15, -0.1) is 0 Å². The van der Waals surface area contributed by atoms with E-state index in [1.54, 1.807) is 19.2 Å². The van der Waals surface area contributed by atoms with Crippen LogP contribution < -0.4 is 10.5 Å². The van der Waals surface area contributed by atoms with E-state index in [-0.39, 0.29) is 11.1 Å². The molecule has 4 heteroatoms. The summed E-state index contributed by atoms with van der Waals surface area (Å²) >= 11 is 5.78. The quantitative estimate of drug-likeness (QED) is 0.923. The van der Waals surface area contributed by atoms with Gasteiger partial charge in [0, 0.05) is 11.6 Å². The number of hydrogen-bond donors (Lipinski definition) is 1. The zero-order valence-electron chi connectivity index (χ0n) is 11.5. The first kappa shape index (κ1) is 14.8. The van der Waals surface area contributed by atoms with Crippen LogP contribution in [-0.2, 0) is 6.42 Å². The van der Waals surface area contributed by atoms with Crippen LogP contribution in [0, 0.1) is 12.7 Å². The normalized spacial score (nSPS) is 12.2. The van der Waals surface area contributed by atoms with Crippen molar-refractivity contribution in [3.63, 3.8) is 0 Å². The Hall–Kier alpha value is -1.58. The predicted octanol–water partition coefficient (Wildman–Crippen LogP) is 4.04. The minimum absolute atomic E-state index is 0.116. The fraction of sp³-hybridized carbons (Fsp3) is 0.250. The molecule has 1 unspecified atom stereocenters. The first-order chi connectivity index (χ1) is 9.51. The summed E-state index contributed by atoms with van der Waals surface area (Å²) in [5.74, 6) is 0.350. The second kappa shape index (κ2) is 6.25. The summed E-state index contributed by atoms with van der Waals surface area (Å²) in [6.07, 6.45) is 0.569. The lowest BCUT2D eigenvalue weighted by Crippen LogP contribution is -2.14. The summed E-state index contributed by atoms with van der Waals surface area (Å²) in [5.41, 5.74) is 9.16. The van der Waals surface area contributed by atoms with Gasteiger partial charge in [0.15, 0.2) is 0 Å². The standard InChI is InChI=1S/C16H17ClFNO/c1-10-3-5-12(16(7-10)20-2)15(19)9-11-4-6-14(18)13(17)8-11/h3-8,15H,9,19H2,1-2H3. The molecular formula is C16H17ClFNO. The molecule has 0 saturated carbocycles. The van der Waals surface area contributed by atoms with Crippen molar-refractivity contribution < 1.29 is 9.13 Å². The molecule has 20 heavy (non-hydrogen) atoms. The van der Waals surface area contributed by atoms with Crippen molar-refractivity contribution in [2.45, 2.75) is 19.4 Å². The van der Waals surface area contributed by atoms with Gasteiger partial charge >= 0.3 is 0 Å². The molecular weight excluding hydrogens is 277 g/mol. The Balaban J connectivity index is 2.23. The van der Waals surface area contributed by atoms with Crippen molar-refractivity contribution in [1.29, 1.82) is 0 Å². The molecule has 0 aliphatic carbocycles. The van der Waals surface area contributed by atoms with Crippen LogP contribution in [0.3, 0.4) is 0 Å². The van der Waals surface area contributed by atoms with Crippen LogP contribution in [0.2, 0.25) is 5.02 Å². The molecule has 1 atom stereocenters. The maximum atomic E-state index is 13.1. The van der Waals surface area contributed by atoms with E-state index < -0.39 is 5.82 Å². The second-order valence-corrected chi connectivity index (χ2v) is 5.21. The lowest BCUT2D eigenvalue weighted by molar-refractivity contribution is 0.405. The van der Waals surface area contributed by atoms with Gasteiger partial charge in [0.1, 0.15) is 11.6 Å². The third kappa shape index (κ3) is 3.30. The summed E-state index contributed by atoms with van der Waals surface area (Å²) in [6, 6.07) is 10.3. The van der Waals surface area contributed by atoms with Gasteiger partial charge in [-0.2, -0.15) is 0 Å². The molecule has 0 fully saturated rings. The van der Waals surface area contributed by atoms with Crippen LogP contribution in [0.4, 0.5) is 4.39 Å². The Morgan fingerprint density at radius 3 is 2.65 bits per heavy atom. The van der Waals surface area contributed by atoms with Crippen LogP contribution in [0.1, 0.15) is 22.7 Å². The molecule has 0 radical (unpaired) electrons. The summed E-state index contributed by atoms with van der Waals surface area (Å²) in [4.78, 5) is 0. The number of ether oxygens (including phenoxy) is 1. The first-order valence-electron chi connectivity index (χ1n) is 6.35. The Morgan fingerprint density at radius 2 is 2.00 bits per heavy atom. The average Bonchev–Trinajstić information content (AvgIpc) is 2.42. The maximum Gasteiger partial charge on any atom is 0.141 e. The van der Waals surface area contributed by atoms with Crippen molar-refractivity contribution in [2.24, 2.45) is 5.73 Å². The molecule has 0 amide bonds. The molecule has 0 aromatic heterocycles. The number of nitrogens with two attached hydrogens (primary N) is 1. The minimum Gasteiger partial charge on any atom is -0.496 e. The van der Waals surface area contributed by atoms with Crippen LogP contribution in [0.15, 0.2) is 36.4 Å². The monoisotopic (exact) mass is 293 g/mol. The maximum absolute atomic E-state index is 13.1.